The van der Waals surface area contributed by atoms with Gasteiger partial charge in [0.05, 0.1) is 33.0 Å². The molecule has 0 radical (unpaired) electrons. The summed E-state index contributed by atoms with van der Waals surface area (Å²) in [5, 5.41) is 10.5. The molecule has 9 heteroatoms. The quantitative estimate of drug-likeness (QED) is 0.743. The molecule has 1 N–H and O–H groups in total. The van der Waals surface area contributed by atoms with Crippen molar-refractivity contribution in [2.24, 2.45) is 0 Å². The van der Waals surface area contributed by atoms with E-state index in [4.69, 9.17) is 18.6 Å². The number of nitrogens with one attached hydrogen (secondary N) is 1. The van der Waals surface area contributed by atoms with Crippen molar-refractivity contribution in [3.63, 3.8) is 0 Å². The van der Waals surface area contributed by atoms with Gasteiger partial charge in [0.2, 0.25) is 12.2 Å². The number of aromatic nitrogens is 2. The van der Waals surface area contributed by atoms with E-state index in [-0.39, 0.29) is 12.5 Å². The van der Waals surface area contributed by atoms with E-state index in [1.807, 2.05) is 4.90 Å². The van der Waals surface area contributed by atoms with E-state index in [2.05, 4.69) is 15.5 Å². The molecule has 0 atom stereocenters. The number of ether oxygens (including phenoxy) is 3. The molecule has 1 amide bonds. The average molecular weight is 284 g/mol. The molecule has 110 valence electrons. The van der Waals surface area contributed by atoms with Crippen LogP contribution in [0, 0.1) is 0 Å². The normalized spacial score (nSPS) is 20.3. The molecule has 1 aromatic heterocycles. The molecule has 2 fully saturated rings. The summed E-state index contributed by atoms with van der Waals surface area (Å²) >= 11 is 0. The molecule has 0 unspecified atom stereocenters. The lowest BCUT2D eigenvalue weighted by Crippen LogP contribution is -2.36. The zero-order chi connectivity index (χ0) is 13.8. The molecule has 2 saturated heterocycles. The van der Waals surface area contributed by atoms with Crippen LogP contribution in [0.1, 0.15) is 5.89 Å². The highest BCUT2D eigenvalue weighted by Gasteiger charge is 2.25. The number of anilines is 1. The fourth-order valence-corrected chi connectivity index (χ4v) is 1.95. The fraction of sp³-hybridized carbons (Fsp3) is 0.727. The van der Waals surface area contributed by atoms with Gasteiger partial charge in [-0.1, -0.05) is 5.10 Å². The third-order valence-electron chi connectivity index (χ3n) is 2.99. The van der Waals surface area contributed by atoms with Crippen LogP contribution in [0.5, 0.6) is 0 Å². The number of nitrogens with zero attached hydrogens (tertiary/aromatic N) is 3. The van der Waals surface area contributed by atoms with Gasteiger partial charge in [-0.25, -0.2) is 0 Å². The van der Waals surface area contributed by atoms with Crippen LogP contribution in [0.2, 0.25) is 0 Å². The molecule has 9 nitrogen and oxygen atoms in total. The fourth-order valence-electron chi connectivity index (χ4n) is 1.95. The minimum atomic E-state index is -0.836. The Kier molecular flexibility index (Phi) is 4.09. The molecular weight excluding hydrogens is 268 g/mol. The molecular formula is C11H16N4O5. The van der Waals surface area contributed by atoms with Crippen LogP contribution in [-0.2, 0) is 25.5 Å². The molecule has 0 saturated carbocycles. The minimum Gasteiger partial charge on any atom is -0.406 e. The van der Waals surface area contributed by atoms with Gasteiger partial charge in [0.1, 0.15) is 0 Å². The highest BCUT2D eigenvalue weighted by Crippen LogP contribution is 2.13. The third-order valence-corrected chi connectivity index (χ3v) is 2.99. The predicted octanol–water partition coefficient (Wildman–Crippen LogP) is -1.10. The SMILES string of the molecule is O=C(NCc1nnc(N2CCOCC2)o1)C1OCCO1. The van der Waals surface area contributed by atoms with Crippen LogP contribution < -0.4 is 10.2 Å². The summed E-state index contributed by atoms with van der Waals surface area (Å²) in [6, 6.07) is 0.450. The topological polar surface area (TPSA) is 99.0 Å². The molecule has 2 aliphatic rings. The molecule has 3 heterocycles. The average Bonchev–Trinajstić information content (AvgIpc) is 3.17. The number of rotatable bonds is 4. The Hall–Kier alpha value is -1.71. The van der Waals surface area contributed by atoms with E-state index in [1.165, 1.54) is 0 Å². The molecule has 0 spiro atoms. The second-order valence-electron chi connectivity index (χ2n) is 4.37. The van der Waals surface area contributed by atoms with Crippen molar-refractivity contribution in [1.82, 2.24) is 15.5 Å². The van der Waals surface area contributed by atoms with E-state index >= 15 is 0 Å². The lowest BCUT2D eigenvalue weighted by atomic mass is 10.5. The number of morpholine rings is 1. The van der Waals surface area contributed by atoms with Crippen molar-refractivity contribution in [3.8, 4) is 0 Å². The zero-order valence-electron chi connectivity index (χ0n) is 10.9. The first-order valence-corrected chi connectivity index (χ1v) is 6.49. The summed E-state index contributed by atoms with van der Waals surface area (Å²) in [6.07, 6.45) is -0.836. The number of carbonyl (C=O) groups is 1. The Morgan fingerprint density at radius 2 is 1.95 bits per heavy atom. The highest BCUT2D eigenvalue weighted by atomic mass is 16.7. The third kappa shape index (κ3) is 3.06. The first kappa shape index (κ1) is 13.3. The zero-order valence-corrected chi connectivity index (χ0v) is 10.9. The number of hydrogen-bond donors (Lipinski definition) is 1. The van der Waals surface area contributed by atoms with Crippen LogP contribution in [0.15, 0.2) is 4.42 Å². The lowest BCUT2D eigenvalue weighted by Gasteiger charge is -2.24. The minimum absolute atomic E-state index is 0.152. The summed E-state index contributed by atoms with van der Waals surface area (Å²) in [7, 11) is 0. The molecule has 3 rings (SSSR count). The maximum atomic E-state index is 11.6. The molecule has 0 aliphatic carbocycles. The van der Waals surface area contributed by atoms with E-state index in [9.17, 15) is 4.79 Å². The van der Waals surface area contributed by atoms with E-state index < -0.39 is 6.29 Å². The smallest absolute Gasteiger partial charge is 0.318 e. The Morgan fingerprint density at radius 1 is 1.20 bits per heavy atom. The van der Waals surface area contributed by atoms with E-state index in [1.54, 1.807) is 0 Å². The van der Waals surface area contributed by atoms with Crippen LogP contribution in [0.4, 0.5) is 6.01 Å². The Bertz CT molecular complexity index is 453. The Labute approximate surface area is 115 Å². The molecule has 0 aromatic carbocycles. The van der Waals surface area contributed by atoms with Crippen molar-refractivity contribution in [1.29, 1.82) is 0 Å². The standard InChI is InChI=1S/C11H16N4O5/c16-9(10-18-5-6-19-10)12-7-8-13-14-11(20-8)15-1-3-17-4-2-15/h10H,1-7H2,(H,12,16). The molecule has 20 heavy (non-hydrogen) atoms. The van der Waals surface area contributed by atoms with Crippen LogP contribution in [0.3, 0.4) is 0 Å². The van der Waals surface area contributed by atoms with Crippen LogP contribution in [0.25, 0.3) is 0 Å². The first-order valence-electron chi connectivity index (χ1n) is 6.49. The van der Waals surface area contributed by atoms with E-state index in [0.29, 0.717) is 38.3 Å². The van der Waals surface area contributed by atoms with Crippen molar-refractivity contribution in [2.45, 2.75) is 12.8 Å². The number of carbonyl (C=O) groups excluding carboxylic acids is 1. The van der Waals surface area contributed by atoms with Gasteiger partial charge in [-0.15, -0.1) is 5.10 Å². The van der Waals surface area contributed by atoms with Crippen molar-refractivity contribution < 1.29 is 23.4 Å². The lowest BCUT2D eigenvalue weighted by molar-refractivity contribution is -0.146. The van der Waals surface area contributed by atoms with Crippen LogP contribution >= 0.6 is 0 Å². The van der Waals surface area contributed by atoms with Gasteiger partial charge in [-0.05, 0) is 0 Å². The number of amides is 1. The molecule has 1 aromatic rings. The first-order chi connectivity index (χ1) is 9.83. The molecule has 2 aliphatic heterocycles. The summed E-state index contributed by atoms with van der Waals surface area (Å²) in [5.41, 5.74) is 0. The Balaban J connectivity index is 1.50. The Morgan fingerprint density at radius 3 is 2.70 bits per heavy atom. The van der Waals surface area contributed by atoms with Gasteiger partial charge in [0, 0.05) is 13.1 Å². The number of hydrogen-bond acceptors (Lipinski definition) is 8. The summed E-state index contributed by atoms with van der Waals surface area (Å²) in [5.74, 6) is 0.00598. The van der Waals surface area contributed by atoms with Gasteiger partial charge >= 0.3 is 6.01 Å². The van der Waals surface area contributed by atoms with Gasteiger partial charge in [-0.2, -0.15) is 0 Å². The van der Waals surface area contributed by atoms with Crippen molar-refractivity contribution >= 4 is 11.9 Å². The van der Waals surface area contributed by atoms with Gasteiger partial charge < -0.3 is 28.8 Å². The van der Waals surface area contributed by atoms with Gasteiger partial charge in [0.25, 0.3) is 5.91 Å². The largest absolute Gasteiger partial charge is 0.406 e. The maximum absolute atomic E-state index is 11.6. The monoisotopic (exact) mass is 284 g/mol. The summed E-state index contributed by atoms with van der Waals surface area (Å²) in [6.45, 7) is 3.74. The van der Waals surface area contributed by atoms with Gasteiger partial charge in [-0.3, -0.25) is 4.79 Å². The molecule has 0 bridgehead atoms. The van der Waals surface area contributed by atoms with Crippen LogP contribution in [-0.4, -0.2) is 61.9 Å². The second kappa shape index (κ2) is 6.16. The maximum Gasteiger partial charge on any atom is 0.318 e. The predicted molar refractivity (Wildman–Crippen MR) is 64.9 cm³/mol. The van der Waals surface area contributed by atoms with Crippen molar-refractivity contribution in [2.75, 3.05) is 44.4 Å². The van der Waals surface area contributed by atoms with E-state index in [0.717, 1.165) is 13.1 Å². The summed E-state index contributed by atoms with van der Waals surface area (Å²) < 4.78 is 20.9. The second-order valence-corrected chi connectivity index (χ2v) is 4.37. The van der Waals surface area contributed by atoms with Gasteiger partial charge in [0.15, 0.2) is 0 Å². The summed E-state index contributed by atoms with van der Waals surface area (Å²) in [4.78, 5) is 13.6. The van der Waals surface area contributed by atoms with Crippen molar-refractivity contribution in [3.05, 3.63) is 5.89 Å². The highest BCUT2D eigenvalue weighted by molar-refractivity contribution is 5.79.